The van der Waals surface area contributed by atoms with Crippen LogP contribution in [0.4, 0.5) is 0 Å². The van der Waals surface area contributed by atoms with Crippen LogP contribution >= 0.6 is 0 Å². The van der Waals surface area contributed by atoms with E-state index in [4.69, 9.17) is 9.84 Å². The lowest BCUT2D eigenvalue weighted by atomic mass is 9.96. The molecule has 4 rings (SSSR count). The molecule has 3 N–H and O–H groups in total. The lowest BCUT2D eigenvalue weighted by Gasteiger charge is -2.33. The molecular weight excluding hydrogens is 476 g/mol. The third kappa shape index (κ3) is 7.23. The molecule has 1 unspecified atom stereocenters. The minimum atomic E-state index is -0.768. The highest BCUT2D eigenvalue weighted by Gasteiger charge is 2.28. The number of carbonyl (C=O) groups is 1. The Labute approximate surface area is 225 Å². The summed E-state index contributed by atoms with van der Waals surface area (Å²) in [5.41, 5.74) is 6.24. The van der Waals surface area contributed by atoms with Crippen LogP contribution < -0.4 is 10.1 Å². The van der Waals surface area contributed by atoms with Crippen molar-refractivity contribution in [1.29, 1.82) is 0 Å². The number of aliphatic hydroxyl groups is 1. The maximum absolute atomic E-state index is 11.8. The Balaban J connectivity index is 1.58. The topological polar surface area (TPSA) is 82.0 Å². The van der Waals surface area contributed by atoms with E-state index < -0.39 is 12.0 Å². The zero-order valence-electron chi connectivity index (χ0n) is 22.0. The van der Waals surface area contributed by atoms with Gasteiger partial charge in [-0.1, -0.05) is 66.8 Å². The standard InChI is InChI=1S/C32H36N2O4/c1-24-26(10-7-11-29(24)27-8-3-2-4-9-27)15-13-25-14-16-28(31(22-25)38-21-18-33-17-20-35)23-34-19-6-5-12-30(34)32(36)37/h2-4,7-11,14,16,22,30,33,35H,5-6,12,17-21,23H2,1H3,(H,36,37). The number of benzene rings is 3. The Morgan fingerprint density at radius 2 is 1.89 bits per heavy atom. The summed E-state index contributed by atoms with van der Waals surface area (Å²) in [4.78, 5) is 13.8. The molecule has 3 aromatic carbocycles. The van der Waals surface area contributed by atoms with Crippen LogP contribution in [0.1, 0.15) is 41.5 Å². The molecule has 0 spiro atoms. The summed E-state index contributed by atoms with van der Waals surface area (Å²) in [6.45, 7) is 4.99. The number of hydrogen-bond donors (Lipinski definition) is 3. The average molecular weight is 513 g/mol. The van der Waals surface area contributed by atoms with E-state index >= 15 is 0 Å². The molecule has 0 aromatic heterocycles. The van der Waals surface area contributed by atoms with Crippen molar-refractivity contribution in [1.82, 2.24) is 10.2 Å². The third-order valence-electron chi connectivity index (χ3n) is 6.92. The van der Waals surface area contributed by atoms with E-state index in [0.717, 1.165) is 41.6 Å². The second-order valence-corrected chi connectivity index (χ2v) is 9.56. The second-order valence-electron chi connectivity index (χ2n) is 9.56. The number of aliphatic hydroxyl groups excluding tert-OH is 1. The largest absolute Gasteiger partial charge is 0.492 e. The second kappa shape index (κ2) is 13.8. The summed E-state index contributed by atoms with van der Waals surface area (Å²) in [6, 6.07) is 22.0. The summed E-state index contributed by atoms with van der Waals surface area (Å²) in [5, 5.41) is 21.8. The molecule has 3 aromatic rings. The fourth-order valence-corrected chi connectivity index (χ4v) is 4.85. The van der Waals surface area contributed by atoms with Crippen LogP contribution in [0.5, 0.6) is 5.75 Å². The Bertz CT molecular complexity index is 1280. The number of nitrogens with one attached hydrogen (secondary N) is 1. The Kier molecular flexibility index (Phi) is 9.94. The molecular formula is C32H36N2O4. The average Bonchev–Trinajstić information content (AvgIpc) is 2.94. The van der Waals surface area contributed by atoms with Gasteiger partial charge in [0, 0.05) is 36.3 Å². The van der Waals surface area contributed by atoms with Crippen LogP contribution in [-0.4, -0.2) is 60.0 Å². The van der Waals surface area contributed by atoms with Crippen molar-refractivity contribution in [3.05, 3.63) is 89.0 Å². The molecule has 0 saturated carbocycles. The van der Waals surface area contributed by atoms with Gasteiger partial charge >= 0.3 is 5.97 Å². The van der Waals surface area contributed by atoms with Gasteiger partial charge in [-0.25, -0.2) is 0 Å². The highest BCUT2D eigenvalue weighted by molar-refractivity contribution is 5.73. The highest BCUT2D eigenvalue weighted by Crippen LogP contribution is 2.27. The quantitative estimate of drug-likeness (QED) is 0.275. The number of rotatable bonds is 10. The normalized spacial score (nSPS) is 15.5. The molecule has 38 heavy (non-hydrogen) atoms. The third-order valence-corrected chi connectivity index (χ3v) is 6.92. The highest BCUT2D eigenvalue weighted by atomic mass is 16.5. The fraction of sp³-hybridized carbons (Fsp3) is 0.344. The van der Waals surface area contributed by atoms with Crippen LogP contribution in [-0.2, 0) is 11.3 Å². The van der Waals surface area contributed by atoms with Gasteiger partial charge < -0.3 is 20.3 Å². The number of aliphatic carboxylic acids is 1. The Hall–Kier alpha value is -3.63. The van der Waals surface area contributed by atoms with Crippen molar-refractivity contribution < 1.29 is 19.7 Å². The van der Waals surface area contributed by atoms with Crippen molar-refractivity contribution in [2.75, 3.05) is 32.8 Å². The van der Waals surface area contributed by atoms with E-state index in [-0.39, 0.29) is 6.61 Å². The number of likely N-dealkylation sites (tertiary alicyclic amines) is 1. The van der Waals surface area contributed by atoms with Gasteiger partial charge in [0.1, 0.15) is 18.4 Å². The molecule has 1 heterocycles. The molecule has 198 valence electrons. The number of hydrogen-bond acceptors (Lipinski definition) is 5. The number of carboxylic acid groups (broad SMARTS) is 1. The van der Waals surface area contributed by atoms with Gasteiger partial charge in [0.15, 0.2) is 0 Å². The zero-order chi connectivity index (χ0) is 26.7. The smallest absolute Gasteiger partial charge is 0.320 e. The van der Waals surface area contributed by atoms with Gasteiger partial charge in [0.05, 0.1) is 6.61 Å². The number of ether oxygens (including phenoxy) is 1. The van der Waals surface area contributed by atoms with Gasteiger partial charge in [-0.3, -0.25) is 9.69 Å². The Morgan fingerprint density at radius 3 is 2.68 bits per heavy atom. The molecule has 0 aliphatic carbocycles. The fourth-order valence-electron chi connectivity index (χ4n) is 4.85. The lowest BCUT2D eigenvalue weighted by molar-refractivity contribution is -0.144. The van der Waals surface area contributed by atoms with Gasteiger partial charge in [-0.2, -0.15) is 0 Å². The van der Waals surface area contributed by atoms with E-state index in [1.54, 1.807) is 0 Å². The van der Waals surface area contributed by atoms with Crippen molar-refractivity contribution >= 4 is 5.97 Å². The SMILES string of the molecule is Cc1c(C#Cc2ccc(CN3CCCCC3C(=O)O)c(OCCNCCO)c2)cccc1-c1ccccc1. The molecule has 6 heteroatoms. The van der Waals surface area contributed by atoms with Crippen molar-refractivity contribution in [3.8, 4) is 28.7 Å². The van der Waals surface area contributed by atoms with Crippen LogP contribution in [0.3, 0.4) is 0 Å². The zero-order valence-corrected chi connectivity index (χ0v) is 22.0. The predicted molar refractivity (Wildman–Crippen MR) is 150 cm³/mol. The first kappa shape index (κ1) is 27.4. The van der Waals surface area contributed by atoms with Gasteiger partial charge in [0.2, 0.25) is 0 Å². The van der Waals surface area contributed by atoms with Crippen LogP contribution in [0, 0.1) is 18.8 Å². The first-order valence-electron chi connectivity index (χ1n) is 13.3. The summed E-state index contributed by atoms with van der Waals surface area (Å²) in [5.74, 6) is 6.59. The van der Waals surface area contributed by atoms with Crippen LogP contribution in [0.15, 0.2) is 66.7 Å². The van der Waals surface area contributed by atoms with E-state index in [2.05, 4.69) is 42.3 Å². The molecule has 1 atom stereocenters. The molecule has 1 saturated heterocycles. The number of nitrogens with zero attached hydrogens (tertiary/aromatic N) is 1. The van der Waals surface area contributed by atoms with Gasteiger partial charge in [-0.05, 0) is 61.2 Å². The monoisotopic (exact) mass is 512 g/mol. The first-order valence-corrected chi connectivity index (χ1v) is 13.3. The molecule has 6 nitrogen and oxygen atoms in total. The van der Waals surface area contributed by atoms with Crippen LogP contribution in [0.25, 0.3) is 11.1 Å². The molecule has 1 aliphatic heterocycles. The molecule has 0 amide bonds. The van der Waals surface area contributed by atoms with E-state index in [1.807, 2.05) is 53.4 Å². The van der Waals surface area contributed by atoms with Gasteiger partial charge in [0.25, 0.3) is 0 Å². The maximum Gasteiger partial charge on any atom is 0.320 e. The Morgan fingerprint density at radius 1 is 1.05 bits per heavy atom. The predicted octanol–water partition coefficient (Wildman–Crippen LogP) is 4.46. The minimum absolute atomic E-state index is 0.0761. The van der Waals surface area contributed by atoms with E-state index in [0.29, 0.717) is 38.4 Å². The van der Waals surface area contributed by atoms with Crippen molar-refractivity contribution in [3.63, 3.8) is 0 Å². The van der Waals surface area contributed by atoms with E-state index in [1.165, 1.54) is 11.1 Å². The summed E-state index contributed by atoms with van der Waals surface area (Å²) < 4.78 is 6.13. The van der Waals surface area contributed by atoms with Gasteiger partial charge in [-0.15, -0.1) is 0 Å². The maximum atomic E-state index is 11.8. The number of piperidine rings is 1. The number of carboxylic acids is 1. The first-order chi connectivity index (χ1) is 18.6. The summed E-state index contributed by atoms with van der Waals surface area (Å²) in [7, 11) is 0. The summed E-state index contributed by atoms with van der Waals surface area (Å²) >= 11 is 0. The van der Waals surface area contributed by atoms with Crippen LogP contribution in [0.2, 0.25) is 0 Å². The van der Waals surface area contributed by atoms with Crippen molar-refractivity contribution in [2.24, 2.45) is 0 Å². The van der Waals surface area contributed by atoms with E-state index in [9.17, 15) is 9.90 Å². The molecule has 1 aliphatic rings. The molecule has 1 fully saturated rings. The summed E-state index contributed by atoms with van der Waals surface area (Å²) in [6.07, 6.45) is 2.60. The lowest BCUT2D eigenvalue weighted by Crippen LogP contribution is -2.44. The minimum Gasteiger partial charge on any atom is -0.492 e. The molecule has 0 radical (unpaired) electrons. The molecule has 0 bridgehead atoms. The van der Waals surface area contributed by atoms with Crippen molar-refractivity contribution in [2.45, 2.75) is 38.8 Å².